The van der Waals surface area contributed by atoms with E-state index in [9.17, 15) is 0 Å². The summed E-state index contributed by atoms with van der Waals surface area (Å²) < 4.78 is 0. The fourth-order valence-electron chi connectivity index (χ4n) is 4.05. The van der Waals surface area contributed by atoms with Gasteiger partial charge in [0.2, 0.25) is 0 Å². The van der Waals surface area contributed by atoms with Crippen molar-refractivity contribution in [3.8, 4) is 0 Å². The van der Waals surface area contributed by atoms with E-state index in [1.165, 1.54) is 70.0 Å². The van der Waals surface area contributed by atoms with Gasteiger partial charge in [0.15, 0.2) is 0 Å². The lowest BCUT2D eigenvalue weighted by atomic mass is 9.95. The Hall–Kier alpha value is 0.310. The fourth-order valence-corrected chi connectivity index (χ4v) is 5.20. The molecule has 1 nitrogen and oxygen atoms in total. The Morgan fingerprint density at radius 3 is 2.58 bits per heavy atom. The van der Waals surface area contributed by atoms with Crippen molar-refractivity contribution in [2.24, 2.45) is 5.92 Å². The van der Waals surface area contributed by atoms with Crippen LogP contribution < -0.4 is 5.32 Å². The molecule has 0 heterocycles. The summed E-state index contributed by atoms with van der Waals surface area (Å²) in [5.41, 5.74) is 0. The third kappa shape index (κ3) is 5.30. The second-order valence-corrected chi connectivity index (χ2v) is 8.19. The molecule has 1 N–H and O–H groups in total. The molecule has 112 valence electrons. The molecule has 19 heavy (non-hydrogen) atoms. The average molecular weight is 284 g/mol. The summed E-state index contributed by atoms with van der Waals surface area (Å²) >= 11 is 2.18. The molecular weight excluding hydrogens is 250 g/mol. The predicted octanol–water partition coefficient (Wildman–Crippen LogP) is 5.00. The van der Waals surface area contributed by atoms with Crippen molar-refractivity contribution in [3.63, 3.8) is 0 Å². The van der Waals surface area contributed by atoms with Crippen molar-refractivity contribution in [1.82, 2.24) is 5.32 Å². The predicted molar refractivity (Wildman–Crippen MR) is 88.0 cm³/mol. The third-order valence-electron chi connectivity index (χ3n) is 5.04. The van der Waals surface area contributed by atoms with Crippen LogP contribution in [0.3, 0.4) is 0 Å². The Morgan fingerprint density at radius 2 is 1.79 bits per heavy atom. The van der Waals surface area contributed by atoms with Gasteiger partial charge in [0.1, 0.15) is 0 Å². The SMILES string of the molecule is CCCC1CCCC(NC2CCC(SCC)C2)CC1. The Balaban J connectivity index is 1.68. The molecule has 2 fully saturated rings. The molecule has 0 aromatic rings. The fraction of sp³-hybridized carbons (Fsp3) is 1.00. The minimum absolute atomic E-state index is 0.830. The number of nitrogens with one attached hydrogen (secondary N) is 1. The Kier molecular flexibility index (Phi) is 7.07. The molecule has 4 unspecified atom stereocenters. The first-order valence-corrected chi connectivity index (χ1v) is 9.74. The molecule has 0 aromatic heterocycles. The van der Waals surface area contributed by atoms with E-state index in [0.29, 0.717) is 0 Å². The number of hydrogen-bond donors (Lipinski definition) is 1. The second-order valence-electron chi connectivity index (χ2n) is 6.61. The van der Waals surface area contributed by atoms with Crippen molar-refractivity contribution in [3.05, 3.63) is 0 Å². The summed E-state index contributed by atoms with van der Waals surface area (Å²) in [6.45, 7) is 4.63. The van der Waals surface area contributed by atoms with Crippen molar-refractivity contribution >= 4 is 11.8 Å². The molecule has 0 aliphatic heterocycles. The minimum atomic E-state index is 0.830. The van der Waals surface area contributed by atoms with Crippen LogP contribution >= 0.6 is 11.8 Å². The lowest BCUT2D eigenvalue weighted by molar-refractivity contribution is 0.382. The zero-order valence-corrected chi connectivity index (χ0v) is 13.8. The first kappa shape index (κ1) is 15.7. The van der Waals surface area contributed by atoms with Gasteiger partial charge >= 0.3 is 0 Å². The molecule has 0 radical (unpaired) electrons. The molecule has 0 aromatic carbocycles. The summed E-state index contributed by atoms with van der Waals surface area (Å²) in [6, 6.07) is 1.66. The van der Waals surface area contributed by atoms with Gasteiger partial charge in [-0.2, -0.15) is 11.8 Å². The number of rotatable bonds is 6. The number of thioether (sulfide) groups is 1. The zero-order chi connectivity index (χ0) is 13.5. The van der Waals surface area contributed by atoms with E-state index in [-0.39, 0.29) is 0 Å². The Bertz CT molecular complexity index is 243. The number of hydrogen-bond acceptors (Lipinski definition) is 2. The average Bonchev–Trinajstić information content (AvgIpc) is 2.71. The van der Waals surface area contributed by atoms with E-state index in [1.54, 1.807) is 0 Å². The summed E-state index contributed by atoms with van der Waals surface area (Å²) in [4.78, 5) is 0. The topological polar surface area (TPSA) is 12.0 Å². The summed E-state index contributed by atoms with van der Waals surface area (Å²) in [7, 11) is 0. The maximum Gasteiger partial charge on any atom is 0.00805 e. The van der Waals surface area contributed by atoms with Gasteiger partial charge < -0.3 is 5.32 Å². The van der Waals surface area contributed by atoms with Gasteiger partial charge in [0.25, 0.3) is 0 Å². The van der Waals surface area contributed by atoms with E-state index < -0.39 is 0 Å². The van der Waals surface area contributed by atoms with Gasteiger partial charge in [0, 0.05) is 17.3 Å². The largest absolute Gasteiger partial charge is 0.311 e. The van der Waals surface area contributed by atoms with Crippen LogP contribution in [0.5, 0.6) is 0 Å². The highest BCUT2D eigenvalue weighted by atomic mass is 32.2. The van der Waals surface area contributed by atoms with Crippen LogP contribution in [0.1, 0.15) is 78.1 Å². The third-order valence-corrected chi connectivity index (χ3v) is 6.28. The van der Waals surface area contributed by atoms with Gasteiger partial charge in [-0.25, -0.2) is 0 Å². The van der Waals surface area contributed by atoms with Gasteiger partial charge in [-0.1, -0.05) is 39.5 Å². The van der Waals surface area contributed by atoms with Crippen molar-refractivity contribution in [2.75, 3.05) is 5.75 Å². The van der Waals surface area contributed by atoms with Crippen LogP contribution in [0.2, 0.25) is 0 Å². The van der Waals surface area contributed by atoms with Gasteiger partial charge in [-0.15, -0.1) is 0 Å². The van der Waals surface area contributed by atoms with Crippen LogP contribution in [-0.2, 0) is 0 Å². The molecule has 0 saturated heterocycles. The molecule has 2 aliphatic rings. The molecule has 2 rings (SSSR count). The van der Waals surface area contributed by atoms with Crippen molar-refractivity contribution in [2.45, 2.75) is 95.4 Å². The second kappa shape index (κ2) is 8.56. The van der Waals surface area contributed by atoms with Gasteiger partial charge in [-0.05, 0) is 50.2 Å². The monoisotopic (exact) mass is 283 g/mol. The molecule has 0 spiro atoms. The summed E-state index contributed by atoms with van der Waals surface area (Å²) in [5.74, 6) is 2.32. The maximum absolute atomic E-state index is 4.00. The van der Waals surface area contributed by atoms with Crippen LogP contribution in [0.15, 0.2) is 0 Å². The maximum atomic E-state index is 4.00. The van der Waals surface area contributed by atoms with Crippen LogP contribution in [0.25, 0.3) is 0 Å². The Labute approximate surface area is 124 Å². The minimum Gasteiger partial charge on any atom is -0.311 e. The summed E-state index contributed by atoms with van der Waals surface area (Å²) in [6.07, 6.45) is 14.4. The smallest absolute Gasteiger partial charge is 0.00805 e. The molecule has 2 heteroatoms. The van der Waals surface area contributed by atoms with Crippen molar-refractivity contribution < 1.29 is 0 Å². The highest BCUT2D eigenvalue weighted by Gasteiger charge is 2.27. The summed E-state index contributed by atoms with van der Waals surface area (Å²) in [5, 5.41) is 4.94. The van der Waals surface area contributed by atoms with Crippen LogP contribution in [0, 0.1) is 5.92 Å². The standard InChI is InChI=1S/C17H33NS/c1-3-6-14-7-5-8-15(10-9-14)18-16-11-12-17(13-16)19-4-2/h14-18H,3-13H2,1-2H3. The molecule has 2 saturated carbocycles. The van der Waals surface area contributed by atoms with E-state index in [0.717, 1.165) is 23.3 Å². The quantitative estimate of drug-likeness (QED) is 0.689. The lowest BCUT2D eigenvalue weighted by Crippen LogP contribution is -2.36. The first-order valence-electron chi connectivity index (χ1n) is 8.69. The molecule has 0 bridgehead atoms. The van der Waals surface area contributed by atoms with Crippen LogP contribution in [-0.4, -0.2) is 23.1 Å². The highest BCUT2D eigenvalue weighted by Crippen LogP contribution is 2.32. The molecule has 2 aliphatic carbocycles. The van der Waals surface area contributed by atoms with Gasteiger partial charge in [-0.3, -0.25) is 0 Å². The Morgan fingerprint density at radius 1 is 0.947 bits per heavy atom. The lowest BCUT2D eigenvalue weighted by Gasteiger charge is -2.22. The van der Waals surface area contributed by atoms with E-state index in [1.807, 2.05) is 0 Å². The van der Waals surface area contributed by atoms with Crippen molar-refractivity contribution in [1.29, 1.82) is 0 Å². The van der Waals surface area contributed by atoms with Gasteiger partial charge in [0.05, 0.1) is 0 Å². The zero-order valence-electron chi connectivity index (χ0n) is 13.0. The first-order chi connectivity index (χ1) is 9.31. The normalized spacial score (nSPS) is 36.3. The van der Waals surface area contributed by atoms with E-state index >= 15 is 0 Å². The van der Waals surface area contributed by atoms with E-state index in [4.69, 9.17) is 0 Å². The molecule has 4 atom stereocenters. The van der Waals surface area contributed by atoms with E-state index in [2.05, 4.69) is 30.9 Å². The molecule has 0 amide bonds. The molecular formula is C17H33NS. The highest BCUT2D eigenvalue weighted by molar-refractivity contribution is 7.99. The van der Waals surface area contributed by atoms with Crippen LogP contribution in [0.4, 0.5) is 0 Å².